The van der Waals surface area contributed by atoms with Gasteiger partial charge in [-0.3, -0.25) is 0 Å². The number of benzene rings is 2. The summed E-state index contributed by atoms with van der Waals surface area (Å²) in [6.07, 6.45) is 1.24. The van der Waals surface area contributed by atoms with Gasteiger partial charge < -0.3 is 0 Å². The first-order chi connectivity index (χ1) is 10.4. The van der Waals surface area contributed by atoms with Gasteiger partial charge in [-0.05, 0) is 49.2 Å². The Hall–Kier alpha value is -2.07. The fourth-order valence-electron chi connectivity index (χ4n) is 2.35. The number of fused-ring (bicyclic) bond motifs is 1. The molecule has 0 aliphatic rings. The predicted octanol–water partition coefficient (Wildman–Crippen LogP) is 3.75. The number of rotatable bonds is 3. The quantitative estimate of drug-likeness (QED) is 0.739. The maximum Gasteiger partial charge on any atom is 0.268 e. The molecule has 1 atom stereocenters. The maximum absolute atomic E-state index is 12.8. The molecule has 1 heterocycles. The molecule has 1 unspecified atom stereocenters. The summed E-state index contributed by atoms with van der Waals surface area (Å²) in [5, 5.41) is 0.826. The smallest absolute Gasteiger partial charge is 0.241 e. The summed E-state index contributed by atoms with van der Waals surface area (Å²) in [5.41, 5.74) is 2.52. The average molecular weight is 300 g/mol. The first kappa shape index (κ1) is 12.7. The number of aryl methyl sites for hydroxylation is 2. The van der Waals surface area contributed by atoms with Crippen LogP contribution in [0.4, 0.5) is 0 Å². The molecule has 0 N–H and O–H groups in total. The lowest BCUT2D eigenvalue weighted by atomic mass is 10.1. The van der Waals surface area contributed by atoms with Gasteiger partial charge in [0, 0.05) is 13.0 Å². The summed E-state index contributed by atoms with van der Waals surface area (Å²) >= 11 is 0. The molecule has 0 aliphatic heterocycles. The minimum absolute atomic E-state index is 0.272. The van der Waals surface area contributed by atoms with Crippen molar-refractivity contribution in [1.82, 2.24) is 3.97 Å². The molecule has 0 radical (unpaired) electrons. The van der Waals surface area contributed by atoms with E-state index in [1.807, 2.05) is 13.0 Å². The van der Waals surface area contributed by atoms with Crippen molar-refractivity contribution in [1.29, 1.82) is 0 Å². The van der Waals surface area contributed by atoms with E-state index in [9.17, 15) is 8.42 Å². The molecular weight excluding hydrogens is 282 g/mol. The first-order valence-corrected chi connectivity index (χ1v) is 8.19. The number of nitrogens with zero attached hydrogens (tertiary/aromatic N) is 1. The highest BCUT2D eigenvalue weighted by atomic mass is 32.2. The van der Waals surface area contributed by atoms with E-state index in [0.29, 0.717) is 5.52 Å². The Morgan fingerprint density at radius 3 is 2.48 bits per heavy atom. The molecule has 1 aromatic heterocycles. The van der Waals surface area contributed by atoms with E-state index in [0.717, 1.165) is 16.5 Å². The van der Waals surface area contributed by atoms with E-state index in [4.69, 9.17) is 1.37 Å². The zero-order valence-corrected chi connectivity index (χ0v) is 12.8. The molecule has 0 fully saturated rings. The highest BCUT2D eigenvalue weighted by Crippen LogP contribution is 2.23. The lowest BCUT2D eigenvalue weighted by Crippen LogP contribution is -2.11. The van der Waals surface area contributed by atoms with Crippen molar-refractivity contribution < 1.29 is 9.79 Å². The monoisotopic (exact) mass is 300 g/mol. The number of hydrogen-bond donors (Lipinski definition) is 0. The summed E-state index contributed by atoms with van der Waals surface area (Å²) in [6.45, 7) is 3.71. The van der Waals surface area contributed by atoms with E-state index in [2.05, 4.69) is 0 Å². The molecule has 21 heavy (non-hydrogen) atoms. The van der Waals surface area contributed by atoms with Crippen LogP contribution in [0.5, 0.6) is 0 Å². The molecule has 0 saturated carbocycles. The van der Waals surface area contributed by atoms with Gasteiger partial charge in [0.1, 0.15) is 0 Å². The minimum Gasteiger partial charge on any atom is -0.241 e. The topological polar surface area (TPSA) is 39.1 Å². The Kier molecular flexibility index (Phi) is 3.04. The highest BCUT2D eigenvalue weighted by Gasteiger charge is 2.18. The lowest BCUT2D eigenvalue weighted by molar-refractivity contribution is 0.589. The van der Waals surface area contributed by atoms with E-state index in [-0.39, 0.29) is 11.3 Å². The Labute approximate surface area is 126 Å². The second-order valence-corrected chi connectivity index (χ2v) is 6.85. The van der Waals surface area contributed by atoms with Crippen LogP contribution >= 0.6 is 0 Å². The van der Waals surface area contributed by atoms with Crippen molar-refractivity contribution in [2.24, 2.45) is 0 Å². The summed E-state index contributed by atoms with van der Waals surface area (Å²) in [7, 11) is -3.60. The van der Waals surface area contributed by atoms with Gasteiger partial charge in [-0.2, -0.15) is 0 Å². The Morgan fingerprint density at radius 1 is 1.10 bits per heavy atom. The molecule has 108 valence electrons. The van der Waals surface area contributed by atoms with Crippen LogP contribution in [0.1, 0.15) is 19.4 Å². The van der Waals surface area contributed by atoms with Gasteiger partial charge in [0.2, 0.25) is 0 Å². The third kappa shape index (κ3) is 2.36. The van der Waals surface area contributed by atoms with Crippen molar-refractivity contribution in [2.75, 3.05) is 0 Å². The van der Waals surface area contributed by atoms with Crippen molar-refractivity contribution in [3.8, 4) is 0 Å². The highest BCUT2D eigenvalue weighted by molar-refractivity contribution is 7.90. The van der Waals surface area contributed by atoms with E-state index < -0.39 is 10.0 Å². The zero-order valence-electron chi connectivity index (χ0n) is 12.9. The Bertz CT molecular complexity index is 925. The van der Waals surface area contributed by atoms with Crippen LogP contribution in [-0.4, -0.2) is 12.4 Å². The van der Waals surface area contributed by atoms with Crippen LogP contribution in [0, 0.1) is 6.92 Å². The Balaban J connectivity index is 2.15. The fraction of sp³-hybridized carbons (Fsp3) is 0.176. The molecule has 3 rings (SSSR count). The standard InChI is InChI=1S/C17H17NO2S/c1-3-14-6-9-17-15(12-14)10-11-18(17)21(19,20)16-7-4-13(2)5-8-16/h4-12H,3H2,1-2H3/i3D. The van der Waals surface area contributed by atoms with Crippen molar-refractivity contribution in [3.63, 3.8) is 0 Å². The van der Waals surface area contributed by atoms with Gasteiger partial charge in [0.25, 0.3) is 10.0 Å². The van der Waals surface area contributed by atoms with Gasteiger partial charge in [0.05, 0.1) is 10.4 Å². The van der Waals surface area contributed by atoms with Gasteiger partial charge in [0.15, 0.2) is 0 Å². The largest absolute Gasteiger partial charge is 0.268 e. The third-order valence-corrected chi connectivity index (χ3v) is 5.29. The van der Waals surface area contributed by atoms with Gasteiger partial charge in [-0.25, -0.2) is 12.4 Å². The molecule has 0 saturated heterocycles. The molecule has 0 amide bonds. The van der Waals surface area contributed by atoms with Crippen molar-refractivity contribution in [3.05, 3.63) is 65.9 Å². The van der Waals surface area contributed by atoms with Crippen LogP contribution < -0.4 is 0 Å². The zero-order chi connectivity index (χ0) is 15.9. The van der Waals surface area contributed by atoms with E-state index >= 15 is 0 Å². The fourth-order valence-corrected chi connectivity index (χ4v) is 3.70. The van der Waals surface area contributed by atoms with Crippen LogP contribution in [0.3, 0.4) is 0 Å². The first-order valence-electron chi connectivity index (χ1n) is 7.33. The van der Waals surface area contributed by atoms with Crippen LogP contribution in [0.2, 0.25) is 0 Å². The Morgan fingerprint density at radius 2 is 1.81 bits per heavy atom. The lowest BCUT2D eigenvalue weighted by Gasteiger charge is -2.08. The molecule has 0 bridgehead atoms. The summed E-state index contributed by atoms with van der Waals surface area (Å²) < 4.78 is 34.6. The second-order valence-electron chi connectivity index (χ2n) is 5.04. The van der Waals surface area contributed by atoms with Gasteiger partial charge >= 0.3 is 0 Å². The van der Waals surface area contributed by atoms with E-state index in [1.165, 1.54) is 3.97 Å². The minimum atomic E-state index is -3.60. The van der Waals surface area contributed by atoms with Crippen LogP contribution in [-0.2, 0) is 16.4 Å². The van der Waals surface area contributed by atoms with Crippen molar-refractivity contribution >= 4 is 20.9 Å². The molecule has 3 nitrogen and oxygen atoms in total. The number of hydrogen-bond acceptors (Lipinski definition) is 2. The molecule has 3 aromatic rings. The third-order valence-electron chi connectivity index (χ3n) is 3.59. The summed E-state index contributed by atoms with van der Waals surface area (Å²) in [4.78, 5) is 0.272. The summed E-state index contributed by atoms with van der Waals surface area (Å²) in [6, 6.07) is 14.0. The molecular formula is C17H17NO2S. The number of aromatic nitrogens is 1. The van der Waals surface area contributed by atoms with Crippen molar-refractivity contribution in [2.45, 2.75) is 25.1 Å². The summed E-state index contributed by atoms with van der Waals surface area (Å²) in [5.74, 6) is 0. The van der Waals surface area contributed by atoms with Crippen LogP contribution in [0.15, 0.2) is 59.6 Å². The molecule has 0 aliphatic carbocycles. The molecule has 2 aromatic carbocycles. The van der Waals surface area contributed by atoms with Gasteiger partial charge in [-0.15, -0.1) is 0 Å². The van der Waals surface area contributed by atoms with E-state index in [1.54, 1.807) is 55.6 Å². The molecule has 0 spiro atoms. The SMILES string of the molecule is [2H]C(C)c1ccc2c(ccn2S(=O)(=O)c2ccc(C)cc2)c1. The van der Waals surface area contributed by atoms with Crippen LogP contribution in [0.25, 0.3) is 10.9 Å². The second kappa shape index (κ2) is 5.04. The predicted molar refractivity (Wildman–Crippen MR) is 85.1 cm³/mol. The molecule has 4 heteroatoms. The maximum atomic E-state index is 12.8. The normalized spacial score (nSPS) is 14.1. The van der Waals surface area contributed by atoms with Gasteiger partial charge in [-0.1, -0.05) is 30.7 Å². The average Bonchev–Trinajstić information content (AvgIpc) is 2.91.